The Bertz CT molecular complexity index is 800. The second-order valence-electron chi connectivity index (χ2n) is 5.59. The van der Waals surface area contributed by atoms with Crippen LogP contribution in [-0.2, 0) is 6.54 Å². The van der Waals surface area contributed by atoms with Crippen LogP contribution in [0.5, 0.6) is 11.5 Å². The summed E-state index contributed by atoms with van der Waals surface area (Å²) in [6.45, 7) is 0.573. The van der Waals surface area contributed by atoms with Gasteiger partial charge in [0.25, 0.3) is 5.91 Å². The maximum atomic E-state index is 12.6. The smallest absolute Gasteiger partial charge is 0.254 e. The first-order chi connectivity index (χ1) is 11.7. The molecular weight excluding hydrogens is 298 g/mol. The van der Waals surface area contributed by atoms with Gasteiger partial charge in [-0.15, -0.1) is 0 Å². The molecule has 0 aliphatic carbocycles. The molecule has 3 rings (SSSR count). The molecule has 0 saturated heterocycles. The van der Waals surface area contributed by atoms with E-state index >= 15 is 0 Å². The first kappa shape index (κ1) is 15.8. The first-order valence-electron chi connectivity index (χ1n) is 7.85. The van der Waals surface area contributed by atoms with Gasteiger partial charge in [0, 0.05) is 19.2 Å². The van der Waals surface area contributed by atoms with Crippen molar-refractivity contribution in [2.75, 3.05) is 7.05 Å². The molecule has 24 heavy (non-hydrogen) atoms. The van der Waals surface area contributed by atoms with Crippen molar-refractivity contribution in [2.45, 2.75) is 6.54 Å². The van der Waals surface area contributed by atoms with Crippen molar-refractivity contribution in [3.8, 4) is 11.5 Å². The Labute approximate surface area is 142 Å². The number of rotatable bonds is 5. The molecule has 1 amide bonds. The molecule has 0 aliphatic heterocycles. The largest absolute Gasteiger partial charge is 0.457 e. The van der Waals surface area contributed by atoms with Gasteiger partial charge in [-0.3, -0.25) is 4.79 Å². The van der Waals surface area contributed by atoms with Gasteiger partial charge in [0.05, 0.1) is 0 Å². The lowest BCUT2D eigenvalue weighted by atomic mass is 10.1. The number of hydrogen-bond acceptors (Lipinski definition) is 2. The van der Waals surface area contributed by atoms with E-state index < -0.39 is 0 Å². The van der Waals surface area contributed by atoms with Crippen molar-refractivity contribution >= 4 is 5.91 Å². The fourth-order valence-electron chi connectivity index (χ4n) is 2.47. The average molecular weight is 317 g/mol. The lowest BCUT2D eigenvalue weighted by Gasteiger charge is -2.18. The molecule has 3 heteroatoms. The molecule has 0 radical (unpaired) electrons. The van der Waals surface area contributed by atoms with Crippen LogP contribution in [0.1, 0.15) is 15.9 Å². The van der Waals surface area contributed by atoms with Crippen molar-refractivity contribution in [1.29, 1.82) is 0 Å². The maximum Gasteiger partial charge on any atom is 0.254 e. The van der Waals surface area contributed by atoms with Gasteiger partial charge in [-0.25, -0.2) is 0 Å². The third kappa shape index (κ3) is 4.02. The van der Waals surface area contributed by atoms with Gasteiger partial charge >= 0.3 is 0 Å². The van der Waals surface area contributed by atoms with Crippen LogP contribution in [0.15, 0.2) is 84.9 Å². The molecule has 3 nitrogen and oxygen atoms in total. The predicted molar refractivity (Wildman–Crippen MR) is 95.2 cm³/mol. The molecule has 3 aromatic rings. The Morgan fingerprint density at radius 2 is 1.46 bits per heavy atom. The summed E-state index contributed by atoms with van der Waals surface area (Å²) >= 11 is 0. The van der Waals surface area contributed by atoms with Crippen LogP contribution in [0.3, 0.4) is 0 Å². The van der Waals surface area contributed by atoms with E-state index in [0.717, 1.165) is 11.3 Å². The standard InChI is InChI=1S/C21H19NO2/c1-22(16-17-9-4-2-5-10-17)21(23)18-11-8-14-20(15-18)24-19-12-6-3-7-13-19/h2-15H,16H2,1H3. The summed E-state index contributed by atoms with van der Waals surface area (Å²) in [7, 11) is 1.81. The lowest BCUT2D eigenvalue weighted by molar-refractivity contribution is 0.0785. The summed E-state index contributed by atoms with van der Waals surface area (Å²) in [6, 6.07) is 26.7. The van der Waals surface area contributed by atoms with E-state index in [-0.39, 0.29) is 5.91 Å². The van der Waals surface area contributed by atoms with E-state index in [1.807, 2.05) is 78.9 Å². The van der Waals surface area contributed by atoms with Crippen molar-refractivity contribution in [3.05, 3.63) is 96.1 Å². The summed E-state index contributed by atoms with van der Waals surface area (Å²) in [4.78, 5) is 14.3. The van der Waals surface area contributed by atoms with Crippen molar-refractivity contribution in [1.82, 2.24) is 4.90 Å². The topological polar surface area (TPSA) is 29.5 Å². The minimum absolute atomic E-state index is 0.0302. The van der Waals surface area contributed by atoms with Crippen LogP contribution >= 0.6 is 0 Å². The van der Waals surface area contributed by atoms with E-state index in [1.54, 1.807) is 18.0 Å². The monoisotopic (exact) mass is 317 g/mol. The van der Waals surface area contributed by atoms with Gasteiger partial charge in [0.15, 0.2) is 0 Å². The van der Waals surface area contributed by atoms with E-state index in [4.69, 9.17) is 4.74 Å². The summed E-state index contributed by atoms with van der Waals surface area (Å²) < 4.78 is 5.80. The van der Waals surface area contributed by atoms with Crippen LogP contribution in [-0.4, -0.2) is 17.9 Å². The van der Waals surface area contributed by atoms with Crippen molar-refractivity contribution < 1.29 is 9.53 Å². The fraction of sp³-hybridized carbons (Fsp3) is 0.0952. The Morgan fingerprint density at radius 1 is 0.833 bits per heavy atom. The average Bonchev–Trinajstić information content (AvgIpc) is 2.63. The molecule has 0 spiro atoms. The molecule has 3 aromatic carbocycles. The Balaban J connectivity index is 1.72. The van der Waals surface area contributed by atoms with Gasteiger partial charge in [0.1, 0.15) is 11.5 Å². The number of hydrogen-bond donors (Lipinski definition) is 0. The molecule has 0 aliphatic rings. The minimum Gasteiger partial charge on any atom is -0.457 e. The molecule has 0 heterocycles. The number of carbonyl (C=O) groups is 1. The highest BCUT2D eigenvalue weighted by molar-refractivity contribution is 5.94. The third-order valence-electron chi connectivity index (χ3n) is 3.67. The van der Waals surface area contributed by atoms with Crippen LogP contribution in [0, 0.1) is 0 Å². The van der Waals surface area contributed by atoms with E-state index in [1.165, 1.54) is 0 Å². The molecule has 0 unspecified atom stereocenters. The first-order valence-corrected chi connectivity index (χ1v) is 7.85. The Hall–Kier alpha value is -3.07. The number of carbonyl (C=O) groups excluding carboxylic acids is 1. The van der Waals surface area contributed by atoms with Gasteiger partial charge in [0.2, 0.25) is 0 Å². The minimum atomic E-state index is -0.0302. The van der Waals surface area contributed by atoms with Crippen molar-refractivity contribution in [3.63, 3.8) is 0 Å². The van der Waals surface area contributed by atoms with Crippen molar-refractivity contribution in [2.24, 2.45) is 0 Å². The van der Waals surface area contributed by atoms with Crippen LogP contribution in [0.2, 0.25) is 0 Å². The predicted octanol–water partition coefficient (Wildman–Crippen LogP) is 4.75. The Kier molecular flexibility index (Phi) is 4.92. The quantitative estimate of drug-likeness (QED) is 0.679. The fourth-order valence-corrected chi connectivity index (χ4v) is 2.47. The summed E-state index contributed by atoms with van der Waals surface area (Å²) in [5.41, 5.74) is 1.71. The van der Waals surface area contributed by atoms with Gasteiger partial charge in [-0.1, -0.05) is 54.6 Å². The summed E-state index contributed by atoms with van der Waals surface area (Å²) in [5.74, 6) is 1.37. The normalized spacial score (nSPS) is 10.2. The van der Waals surface area contributed by atoms with Gasteiger partial charge in [-0.2, -0.15) is 0 Å². The van der Waals surface area contributed by atoms with Gasteiger partial charge < -0.3 is 9.64 Å². The highest BCUT2D eigenvalue weighted by atomic mass is 16.5. The lowest BCUT2D eigenvalue weighted by Crippen LogP contribution is -2.26. The zero-order valence-electron chi connectivity index (χ0n) is 13.6. The van der Waals surface area contributed by atoms with E-state index in [0.29, 0.717) is 17.9 Å². The number of benzene rings is 3. The molecule has 0 fully saturated rings. The second-order valence-corrected chi connectivity index (χ2v) is 5.59. The highest BCUT2D eigenvalue weighted by Gasteiger charge is 2.13. The summed E-state index contributed by atoms with van der Waals surface area (Å²) in [6.07, 6.45) is 0. The molecule has 0 atom stereocenters. The van der Waals surface area contributed by atoms with E-state index in [9.17, 15) is 4.79 Å². The van der Waals surface area contributed by atoms with Gasteiger partial charge in [-0.05, 0) is 35.9 Å². The zero-order chi connectivity index (χ0) is 16.8. The molecular formula is C21H19NO2. The summed E-state index contributed by atoms with van der Waals surface area (Å²) in [5, 5.41) is 0. The molecule has 0 N–H and O–H groups in total. The number of nitrogens with zero attached hydrogens (tertiary/aromatic N) is 1. The number of para-hydroxylation sites is 1. The van der Waals surface area contributed by atoms with E-state index in [2.05, 4.69) is 0 Å². The van der Waals surface area contributed by atoms with Crippen LogP contribution in [0.25, 0.3) is 0 Å². The number of amides is 1. The zero-order valence-corrected chi connectivity index (χ0v) is 13.6. The third-order valence-corrected chi connectivity index (χ3v) is 3.67. The Morgan fingerprint density at radius 3 is 2.17 bits per heavy atom. The highest BCUT2D eigenvalue weighted by Crippen LogP contribution is 2.22. The molecule has 0 bridgehead atoms. The van der Waals surface area contributed by atoms with Crippen LogP contribution < -0.4 is 4.74 Å². The second kappa shape index (κ2) is 7.47. The van der Waals surface area contributed by atoms with Crippen LogP contribution in [0.4, 0.5) is 0 Å². The molecule has 0 saturated carbocycles. The molecule has 0 aromatic heterocycles. The number of ether oxygens (including phenoxy) is 1. The molecule has 120 valence electrons. The SMILES string of the molecule is CN(Cc1ccccc1)C(=O)c1cccc(Oc2ccccc2)c1. The maximum absolute atomic E-state index is 12.6.